The number of aldehydes is 1. The van der Waals surface area contributed by atoms with Crippen molar-refractivity contribution in [3.8, 4) is 0 Å². The molecule has 0 radical (unpaired) electrons. The van der Waals surface area contributed by atoms with E-state index in [1.54, 1.807) is 20.8 Å². The molecule has 120 valence electrons. The SMILES string of the molecule is CC(C)(C)OC(=O)N[C@@H](CC=O)c1cc(Cl)ccc1[N+](=O)[O-]. The first kappa shape index (κ1) is 17.9. The van der Waals surface area contributed by atoms with E-state index in [9.17, 15) is 19.7 Å². The van der Waals surface area contributed by atoms with E-state index in [4.69, 9.17) is 16.3 Å². The topological polar surface area (TPSA) is 98.5 Å². The van der Waals surface area contributed by atoms with Crippen molar-refractivity contribution in [1.29, 1.82) is 0 Å². The van der Waals surface area contributed by atoms with Crippen LogP contribution in [0.2, 0.25) is 5.02 Å². The number of halogens is 1. The van der Waals surface area contributed by atoms with E-state index >= 15 is 0 Å². The monoisotopic (exact) mass is 328 g/mol. The fourth-order valence-electron chi connectivity index (χ4n) is 1.78. The lowest BCUT2D eigenvalue weighted by atomic mass is 10.0. The highest BCUT2D eigenvalue weighted by atomic mass is 35.5. The zero-order valence-corrected chi connectivity index (χ0v) is 13.2. The third-order valence-electron chi connectivity index (χ3n) is 2.58. The minimum Gasteiger partial charge on any atom is -0.444 e. The van der Waals surface area contributed by atoms with Gasteiger partial charge in [-0.15, -0.1) is 0 Å². The third-order valence-corrected chi connectivity index (χ3v) is 2.82. The van der Waals surface area contributed by atoms with Gasteiger partial charge < -0.3 is 14.8 Å². The van der Waals surface area contributed by atoms with E-state index in [2.05, 4.69) is 5.32 Å². The summed E-state index contributed by atoms with van der Waals surface area (Å²) in [5.74, 6) is 0. The Bertz CT molecular complexity index is 583. The van der Waals surface area contributed by atoms with Gasteiger partial charge >= 0.3 is 6.09 Å². The van der Waals surface area contributed by atoms with Crippen LogP contribution in [0.3, 0.4) is 0 Å². The van der Waals surface area contributed by atoms with Crippen molar-refractivity contribution in [3.05, 3.63) is 38.9 Å². The van der Waals surface area contributed by atoms with E-state index < -0.39 is 22.7 Å². The lowest BCUT2D eigenvalue weighted by Crippen LogP contribution is -2.35. The molecule has 0 spiro atoms. The number of nitro benzene ring substituents is 1. The lowest BCUT2D eigenvalue weighted by molar-refractivity contribution is -0.385. The Balaban J connectivity index is 3.10. The number of nitro groups is 1. The number of hydrogen-bond acceptors (Lipinski definition) is 5. The van der Waals surface area contributed by atoms with Crippen molar-refractivity contribution >= 4 is 29.7 Å². The van der Waals surface area contributed by atoms with Gasteiger partial charge in [0.15, 0.2) is 0 Å². The van der Waals surface area contributed by atoms with Gasteiger partial charge in [-0.1, -0.05) is 11.6 Å². The van der Waals surface area contributed by atoms with Gasteiger partial charge in [-0.3, -0.25) is 10.1 Å². The van der Waals surface area contributed by atoms with Gasteiger partial charge in [0.25, 0.3) is 5.69 Å². The molecule has 0 aliphatic heterocycles. The molecule has 22 heavy (non-hydrogen) atoms. The number of carbonyl (C=O) groups excluding carboxylic acids is 2. The second-order valence-electron chi connectivity index (χ2n) is 5.56. The maximum absolute atomic E-state index is 11.8. The quantitative estimate of drug-likeness (QED) is 0.507. The van der Waals surface area contributed by atoms with Crippen LogP contribution in [0.25, 0.3) is 0 Å². The van der Waals surface area contributed by atoms with Crippen molar-refractivity contribution < 1.29 is 19.2 Å². The molecule has 1 rings (SSSR count). The summed E-state index contributed by atoms with van der Waals surface area (Å²) in [6.07, 6.45) is -0.346. The Morgan fingerprint density at radius 3 is 2.64 bits per heavy atom. The standard InChI is InChI=1S/C14H17ClN2O5/c1-14(2,3)22-13(19)16-11(6-7-18)10-8-9(15)4-5-12(10)17(20)21/h4-5,7-8,11H,6H2,1-3H3,(H,16,19)/t11-/m0/s1. The first-order valence-electron chi connectivity index (χ1n) is 6.51. The molecule has 0 unspecified atom stereocenters. The highest BCUT2D eigenvalue weighted by Gasteiger charge is 2.26. The molecule has 1 aromatic rings. The molecule has 0 fully saturated rings. The smallest absolute Gasteiger partial charge is 0.408 e. The van der Waals surface area contributed by atoms with E-state index in [0.717, 1.165) is 0 Å². The molecule has 1 amide bonds. The minimum atomic E-state index is -0.897. The van der Waals surface area contributed by atoms with Crippen molar-refractivity contribution in [2.75, 3.05) is 0 Å². The number of nitrogens with one attached hydrogen (secondary N) is 1. The van der Waals surface area contributed by atoms with Crippen LogP contribution in [0, 0.1) is 10.1 Å². The molecule has 1 aromatic carbocycles. The summed E-state index contributed by atoms with van der Waals surface area (Å²) in [7, 11) is 0. The van der Waals surface area contributed by atoms with Crippen LogP contribution in [-0.2, 0) is 9.53 Å². The van der Waals surface area contributed by atoms with Crippen LogP contribution in [0.4, 0.5) is 10.5 Å². The van der Waals surface area contributed by atoms with Gasteiger partial charge in [-0.25, -0.2) is 4.79 Å². The second kappa shape index (κ2) is 7.22. The number of alkyl carbamates (subject to hydrolysis) is 1. The molecule has 8 heteroatoms. The molecule has 0 saturated carbocycles. The van der Waals surface area contributed by atoms with E-state index in [-0.39, 0.29) is 22.7 Å². The molecule has 1 atom stereocenters. The summed E-state index contributed by atoms with van der Waals surface area (Å²) in [5, 5.41) is 13.8. The zero-order chi connectivity index (χ0) is 16.9. The highest BCUT2D eigenvalue weighted by molar-refractivity contribution is 6.30. The molecule has 0 saturated heterocycles. The maximum atomic E-state index is 11.8. The highest BCUT2D eigenvalue weighted by Crippen LogP contribution is 2.30. The Kier molecular flexibility index (Phi) is 5.87. The van der Waals surface area contributed by atoms with Crippen molar-refractivity contribution in [1.82, 2.24) is 5.32 Å². The van der Waals surface area contributed by atoms with Gasteiger partial charge in [0.2, 0.25) is 0 Å². The van der Waals surface area contributed by atoms with Crippen molar-refractivity contribution in [3.63, 3.8) is 0 Å². The number of nitrogens with zero attached hydrogens (tertiary/aromatic N) is 1. The zero-order valence-electron chi connectivity index (χ0n) is 12.5. The first-order chi connectivity index (χ1) is 10.1. The lowest BCUT2D eigenvalue weighted by Gasteiger charge is -2.23. The number of benzene rings is 1. The molecule has 7 nitrogen and oxygen atoms in total. The molecule has 0 aliphatic rings. The first-order valence-corrected chi connectivity index (χ1v) is 6.89. The van der Waals surface area contributed by atoms with Gasteiger partial charge in [-0.2, -0.15) is 0 Å². The van der Waals surface area contributed by atoms with E-state index in [1.165, 1.54) is 18.2 Å². The number of ether oxygens (including phenoxy) is 1. The largest absolute Gasteiger partial charge is 0.444 e. The summed E-state index contributed by atoms with van der Waals surface area (Å²) in [6, 6.07) is 3.05. The van der Waals surface area contributed by atoms with Crippen LogP contribution < -0.4 is 5.32 Å². The van der Waals surface area contributed by atoms with E-state index in [0.29, 0.717) is 6.29 Å². The van der Waals surface area contributed by atoms with Crippen LogP contribution >= 0.6 is 11.6 Å². The number of rotatable bonds is 5. The van der Waals surface area contributed by atoms with Crippen molar-refractivity contribution in [2.45, 2.75) is 38.8 Å². The predicted molar refractivity (Wildman–Crippen MR) is 80.9 cm³/mol. The Morgan fingerprint density at radius 2 is 2.14 bits per heavy atom. The van der Waals surface area contributed by atoms with Gasteiger partial charge in [0.05, 0.1) is 16.5 Å². The Hall–Kier alpha value is -2.15. The number of amides is 1. The van der Waals surface area contributed by atoms with E-state index in [1.807, 2.05) is 0 Å². The minimum absolute atomic E-state index is 0.138. The van der Waals surface area contributed by atoms with Gasteiger partial charge in [0, 0.05) is 17.5 Å². The van der Waals surface area contributed by atoms with Crippen LogP contribution in [-0.4, -0.2) is 22.9 Å². The molecule has 0 bridgehead atoms. The average molecular weight is 329 g/mol. The number of hydrogen-bond donors (Lipinski definition) is 1. The molecule has 0 aromatic heterocycles. The molecule has 0 heterocycles. The molecule has 0 aliphatic carbocycles. The average Bonchev–Trinajstić information content (AvgIpc) is 2.35. The summed E-state index contributed by atoms with van der Waals surface area (Å²) in [6.45, 7) is 5.05. The predicted octanol–water partition coefficient (Wildman–Crippen LogP) is 3.40. The summed E-state index contributed by atoms with van der Waals surface area (Å²) in [5.41, 5.74) is -0.807. The van der Waals surface area contributed by atoms with Crippen LogP contribution in [0.15, 0.2) is 18.2 Å². The summed E-state index contributed by atoms with van der Waals surface area (Å²) >= 11 is 5.85. The van der Waals surface area contributed by atoms with Crippen molar-refractivity contribution in [2.24, 2.45) is 0 Å². The third kappa shape index (κ3) is 5.33. The molecule has 1 N–H and O–H groups in total. The molecular weight excluding hydrogens is 312 g/mol. The molecular formula is C14H17ClN2O5. The fourth-order valence-corrected chi connectivity index (χ4v) is 1.96. The van der Waals surface area contributed by atoms with Gasteiger partial charge in [0.1, 0.15) is 11.9 Å². The van der Waals surface area contributed by atoms with Crippen LogP contribution in [0.1, 0.15) is 38.8 Å². The fraction of sp³-hybridized carbons (Fsp3) is 0.429. The summed E-state index contributed by atoms with van der Waals surface area (Å²) < 4.78 is 5.10. The maximum Gasteiger partial charge on any atom is 0.408 e. The Labute approximate surface area is 132 Å². The summed E-state index contributed by atoms with van der Waals surface area (Å²) in [4.78, 5) is 33.1. The Morgan fingerprint density at radius 1 is 1.50 bits per heavy atom. The van der Waals surface area contributed by atoms with Gasteiger partial charge in [-0.05, 0) is 32.9 Å². The second-order valence-corrected chi connectivity index (χ2v) is 6.00. The normalized spacial score (nSPS) is 12.4. The number of carbonyl (C=O) groups is 2. The van der Waals surface area contributed by atoms with Crippen LogP contribution in [0.5, 0.6) is 0 Å².